The van der Waals surface area contributed by atoms with E-state index in [1.54, 1.807) is 21.9 Å². The molecular weight excluding hydrogens is 406 g/mol. The fourth-order valence-electron chi connectivity index (χ4n) is 4.85. The van der Waals surface area contributed by atoms with E-state index < -0.39 is 5.66 Å². The highest BCUT2D eigenvalue weighted by molar-refractivity contribution is 6.10. The molecule has 4 rings (SSSR count). The first-order valence-electron chi connectivity index (χ1n) is 11.2. The third kappa shape index (κ3) is 3.89. The molecule has 0 aliphatic carbocycles. The van der Waals surface area contributed by atoms with Crippen molar-refractivity contribution < 1.29 is 14.4 Å². The van der Waals surface area contributed by atoms with Crippen molar-refractivity contribution >= 4 is 23.4 Å². The second-order valence-electron chi connectivity index (χ2n) is 9.19. The molecule has 0 bridgehead atoms. The minimum atomic E-state index is -0.731. The molecule has 32 heavy (non-hydrogen) atoms. The maximum Gasteiger partial charge on any atom is 0.257 e. The molecule has 2 aliphatic heterocycles. The average molecular weight is 438 g/mol. The molecule has 8 heteroatoms. The van der Waals surface area contributed by atoms with Crippen molar-refractivity contribution in [2.24, 2.45) is 5.92 Å². The van der Waals surface area contributed by atoms with Gasteiger partial charge in [-0.05, 0) is 51.3 Å². The van der Waals surface area contributed by atoms with Gasteiger partial charge in [-0.3, -0.25) is 24.0 Å². The van der Waals surface area contributed by atoms with E-state index in [4.69, 9.17) is 0 Å². The zero-order valence-electron chi connectivity index (χ0n) is 19.2. The molecule has 1 aromatic heterocycles. The number of aromatic nitrogens is 2. The minimum Gasteiger partial charge on any atom is -0.356 e. The fraction of sp³-hybridized carbons (Fsp3) is 0.500. The number of rotatable bonds is 7. The van der Waals surface area contributed by atoms with E-state index in [1.165, 1.54) is 0 Å². The smallest absolute Gasteiger partial charge is 0.257 e. The van der Waals surface area contributed by atoms with E-state index in [0.717, 1.165) is 17.9 Å². The van der Waals surface area contributed by atoms with Crippen molar-refractivity contribution in [1.82, 2.24) is 20.0 Å². The number of hydrogen-bond acceptors (Lipinski definition) is 4. The number of aryl methyl sites for hydroxylation is 2. The molecule has 2 aliphatic rings. The number of amides is 3. The topological polar surface area (TPSA) is 87.5 Å². The molecular formula is C24H31N5O3. The zero-order chi connectivity index (χ0) is 23.0. The summed E-state index contributed by atoms with van der Waals surface area (Å²) < 4.78 is 1.96. The van der Waals surface area contributed by atoms with Crippen LogP contribution in [0.2, 0.25) is 0 Å². The van der Waals surface area contributed by atoms with Crippen molar-refractivity contribution in [1.29, 1.82) is 0 Å². The predicted octanol–water partition coefficient (Wildman–Crippen LogP) is 2.64. The van der Waals surface area contributed by atoms with Crippen molar-refractivity contribution in [2.75, 3.05) is 18.0 Å². The van der Waals surface area contributed by atoms with Gasteiger partial charge in [0.05, 0.1) is 16.9 Å². The summed E-state index contributed by atoms with van der Waals surface area (Å²) in [6.45, 7) is 9.52. The van der Waals surface area contributed by atoms with Crippen LogP contribution in [0.4, 0.5) is 5.69 Å². The van der Waals surface area contributed by atoms with Gasteiger partial charge >= 0.3 is 0 Å². The number of fused-ring (bicyclic) bond motifs is 3. The van der Waals surface area contributed by atoms with Crippen molar-refractivity contribution in [3.05, 3.63) is 47.3 Å². The second kappa shape index (κ2) is 8.41. The number of benzene rings is 1. The Morgan fingerprint density at radius 1 is 1.25 bits per heavy atom. The largest absolute Gasteiger partial charge is 0.356 e. The first kappa shape index (κ1) is 22.0. The summed E-state index contributed by atoms with van der Waals surface area (Å²) in [5.41, 5.74) is 2.54. The van der Waals surface area contributed by atoms with Crippen LogP contribution in [0.3, 0.4) is 0 Å². The number of para-hydroxylation sites is 1. The van der Waals surface area contributed by atoms with E-state index in [0.29, 0.717) is 30.6 Å². The van der Waals surface area contributed by atoms with Crippen LogP contribution >= 0.6 is 0 Å². The van der Waals surface area contributed by atoms with E-state index in [9.17, 15) is 14.4 Å². The SMILES string of the molecule is Cc1cc(C)n(C[C@H](C)CNC(=O)CCN2C(=O)c3ccccc3N3C(=O)CC[C@@]23C)n1. The van der Waals surface area contributed by atoms with Crippen LogP contribution in [0.15, 0.2) is 30.3 Å². The minimum absolute atomic E-state index is 0.0138. The standard InChI is InChI=1S/C24H31N5O3/c1-16(15-28-18(3)13-17(2)26-28)14-25-21(30)10-12-27-23(32)19-7-5-6-8-20(19)29-22(31)9-11-24(27,29)4/h5-8,13,16H,9-12,14-15H2,1-4H3,(H,25,30)/t16-,24+/m1/s1. The predicted molar refractivity (Wildman–Crippen MR) is 121 cm³/mol. The van der Waals surface area contributed by atoms with E-state index in [1.807, 2.05) is 43.7 Å². The summed E-state index contributed by atoms with van der Waals surface area (Å²) in [5.74, 6) is 0.0110. The Morgan fingerprint density at radius 3 is 2.72 bits per heavy atom. The van der Waals surface area contributed by atoms with Gasteiger partial charge in [-0.15, -0.1) is 0 Å². The van der Waals surface area contributed by atoms with Gasteiger partial charge in [0.1, 0.15) is 5.66 Å². The summed E-state index contributed by atoms with van der Waals surface area (Å²) >= 11 is 0. The monoisotopic (exact) mass is 437 g/mol. The Hall–Kier alpha value is -3.16. The molecule has 8 nitrogen and oxygen atoms in total. The molecule has 170 valence electrons. The Morgan fingerprint density at radius 2 is 2.00 bits per heavy atom. The highest BCUT2D eigenvalue weighted by atomic mass is 16.2. The lowest BCUT2D eigenvalue weighted by Crippen LogP contribution is -2.62. The van der Waals surface area contributed by atoms with E-state index in [-0.39, 0.29) is 36.6 Å². The summed E-state index contributed by atoms with van der Waals surface area (Å²) in [4.78, 5) is 41.9. The van der Waals surface area contributed by atoms with E-state index in [2.05, 4.69) is 17.3 Å². The van der Waals surface area contributed by atoms with Gasteiger partial charge in [-0.1, -0.05) is 19.1 Å². The molecule has 1 saturated heterocycles. The van der Waals surface area contributed by atoms with Crippen LogP contribution in [0.1, 0.15) is 54.9 Å². The third-order valence-corrected chi connectivity index (χ3v) is 6.54. The van der Waals surface area contributed by atoms with Crippen molar-refractivity contribution in [2.45, 2.75) is 59.2 Å². The summed E-state index contributed by atoms with van der Waals surface area (Å²) in [6, 6.07) is 9.25. The first-order chi connectivity index (χ1) is 15.2. The van der Waals surface area contributed by atoms with Gasteiger partial charge in [0.2, 0.25) is 11.8 Å². The molecule has 0 saturated carbocycles. The molecule has 2 atom stereocenters. The maximum absolute atomic E-state index is 13.2. The molecule has 1 N–H and O–H groups in total. The molecule has 1 fully saturated rings. The normalized spacial score (nSPS) is 20.9. The van der Waals surface area contributed by atoms with Gasteiger partial charge in [-0.2, -0.15) is 5.10 Å². The lowest BCUT2D eigenvalue weighted by atomic mass is 9.98. The molecule has 3 heterocycles. The van der Waals surface area contributed by atoms with Crippen LogP contribution in [-0.2, 0) is 16.1 Å². The Kier molecular flexibility index (Phi) is 5.79. The van der Waals surface area contributed by atoms with Gasteiger partial charge in [-0.25, -0.2) is 0 Å². The molecule has 0 spiro atoms. The highest BCUT2D eigenvalue weighted by Crippen LogP contribution is 2.43. The fourth-order valence-corrected chi connectivity index (χ4v) is 4.85. The van der Waals surface area contributed by atoms with Crippen LogP contribution in [-0.4, -0.2) is 51.2 Å². The molecule has 0 unspecified atom stereocenters. The molecule has 2 aromatic rings. The zero-order valence-corrected chi connectivity index (χ0v) is 19.2. The van der Waals surface area contributed by atoms with E-state index >= 15 is 0 Å². The lowest BCUT2D eigenvalue weighted by molar-refractivity contribution is -0.121. The Labute approximate surface area is 188 Å². The molecule has 0 radical (unpaired) electrons. The number of carbonyl (C=O) groups is 3. The Balaban J connectivity index is 1.37. The van der Waals surface area contributed by atoms with Crippen LogP contribution < -0.4 is 10.2 Å². The van der Waals surface area contributed by atoms with Crippen molar-refractivity contribution in [3.8, 4) is 0 Å². The summed E-state index contributed by atoms with van der Waals surface area (Å²) in [7, 11) is 0. The average Bonchev–Trinajstić information content (AvgIpc) is 3.23. The number of nitrogens with one attached hydrogen (secondary N) is 1. The van der Waals surface area contributed by atoms with Crippen LogP contribution in [0, 0.1) is 19.8 Å². The quantitative estimate of drug-likeness (QED) is 0.721. The summed E-state index contributed by atoms with van der Waals surface area (Å²) in [6.07, 6.45) is 1.15. The highest BCUT2D eigenvalue weighted by Gasteiger charge is 2.52. The van der Waals surface area contributed by atoms with Crippen molar-refractivity contribution in [3.63, 3.8) is 0 Å². The Bertz CT molecular complexity index is 1060. The molecule has 3 amide bonds. The lowest BCUT2D eigenvalue weighted by Gasteiger charge is -2.48. The second-order valence-corrected chi connectivity index (χ2v) is 9.19. The maximum atomic E-state index is 13.2. The number of carbonyl (C=O) groups excluding carboxylic acids is 3. The van der Waals surface area contributed by atoms with Crippen LogP contribution in [0.25, 0.3) is 0 Å². The molecule has 1 aromatic carbocycles. The summed E-state index contributed by atoms with van der Waals surface area (Å²) in [5, 5.41) is 7.46. The number of hydrogen-bond donors (Lipinski definition) is 1. The van der Waals surface area contributed by atoms with Gasteiger partial charge in [0.15, 0.2) is 0 Å². The van der Waals surface area contributed by atoms with Gasteiger partial charge in [0, 0.05) is 38.2 Å². The number of nitrogens with zero attached hydrogens (tertiary/aromatic N) is 4. The first-order valence-corrected chi connectivity index (χ1v) is 11.2. The van der Waals surface area contributed by atoms with Gasteiger partial charge < -0.3 is 10.2 Å². The third-order valence-electron chi connectivity index (χ3n) is 6.54. The van der Waals surface area contributed by atoms with Crippen LogP contribution in [0.5, 0.6) is 0 Å². The number of anilines is 1. The van der Waals surface area contributed by atoms with Gasteiger partial charge in [0.25, 0.3) is 5.91 Å².